The summed E-state index contributed by atoms with van der Waals surface area (Å²) in [4.78, 5) is 3.26. The van der Waals surface area contributed by atoms with Crippen LogP contribution in [0.4, 0.5) is 13.2 Å². The Labute approximate surface area is 79.4 Å². The van der Waals surface area contributed by atoms with Crippen molar-refractivity contribution >= 4 is 0 Å². The van der Waals surface area contributed by atoms with Crippen molar-refractivity contribution in [3.05, 3.63) is 36.0 Å². The Balaban J connectivity index is 2.69. The fourth-order valence-electron chi connectivity index (χ4n) is 0.925. The van der Waals surface area contributed by atoms with E-state index in [4.69, 9.17) is 5.11 Å². The summed E-state index contributed by atoms with van der Waals surface area (Å²) in [5.74, 6) is 0. The molecule has 0 fully saturated rings. The topological polar surface area (TPSA) is 33.1 Å². The van der Waals surface area contributed by atoms with Crippen LogP contribution in [0.25, 0.3) is 0 Å². The Morgan fingerprint density at radius 3 is 2.50 bits per heavy atom. The lowest BCUT2D eigenvalue weighted by atomic mass is 10.1. The van der Waals surface area contributed by atoms with Gasteiger partial charge in [-0.2, -0.15) is 13.2 Å². The monoisotopic (exact) mass is 204 g/mol. The molecule has 5 heteroatoms. The SMILES string of the molecule is OCC[CH]c1ccc(C(F)(F)F)nc1. The Bertz CT molecular complexity index is 281. The second-order valence-corrected chi connectivity index (χ2v) is 2.69. The van der Waals surface area contributed by atoms with Gasteiger partial charge in [-0.3, -0.25) is 4.98 Å². The Kier molecular flexibility index (Phi) is 3.46. The van der Waals surface area contributed by atoms with Gasteiger partial charge in [0.25, 0.3) is 0 Å². The Morgan fingerprint density at radius 1 is 1.36 bits per heavy atom. The number of aliphatic hydroxyl groups is 1. The third-order valence-electron chi connectivity index (χ3n) is 1.59. The van der Waals surface area contributed by atoms with Crippen molar-refractivity contribution in [2.24, 2.45) is 0 Å². The van der Waals surface area contributed by atoms with E-state index >= 15 is 0 Å². The van der Waals surface area contributed by atoms with Gasteiger partial charge < -0.3 is 5.11 Å². The third-order valence-corrected chi connectivity index (χ3v) is 1.59. The van der Waals surface area contributed by atoms with Gasteiger partial charge in [0.1, 0.15) is 5.69 Å². The van der Waals surface area contributed by atoms with Gasteiger partial charge >= 0.3 is 6.18 Å². The zero-order valence-corrected chi connectivity index (χ0v) is 7.25. The summed E-state index contributed by atoms with van der Waals surface area (Å²) in [6, 6.07) is 2.24. The first-order chi connectivity index (χ1) is 6.54. The van der Waals surface area contributed by atoms with Crippen molar-refractivity contribution in [1.29, 1.82) is 0 Å². The lowest BCUT2D eigenvalue weighted by Gasteiger charge is -2.05. The van der Waals surface area contributed by atoms with Crippen molar-refractivity contribution < 1.29 is 18.3 Å². The molecule has 0 aromatic carbocycles. The van der Waals surface area contributed by atoms with Crippen LogP contribution in [0.5, 0.6) is 0 Å². The van der Waals surface area contributed by atoms with E-state index in [0.717, 1.165) is 12.3 Å². The zero-order chi connectivity index (χ0) is 10.6. The molecule has 0 unspecified atom stereocenters. The zero-order valence-electron chi connectivity index (χ0n) is 7.25. The minimum absolute atomic E-state index is 0.0268. The van der Waals surface area contributed by atoms with Gasteiger partial charge in [0.15, 0.2) is 0 Å². The standard InChI is InChI=1S/C9H9F3NO/c10-9(11,12)8-4-3-7(6-13-8)2-1-5-14/h2-4,6,14H,1,5H2. The average Bonchev–Trinajstić information content (AvgIpc) is 2.14. The minimum atomic E-state index is -4.39. The lowest BCUT2D eigenvalue weighted by molar-refractivity contribution is -0.141. The molecular formula is C9H9F3NO. The first-order valence-corrected chi connectivity index (χ1v) is 4.01. The lowest BCUT2D eigenvalue weighted by Crippen LogP contribution is -2.07. The molecule has 0 saturated heterocycles. The van der Waals surface area contributed by atoms with E-state index in [-0.39, 0.29) is 6.61 Å². The molecule has 1 rings (SSSR count). The van der Waals surface area contributed by atoms with Gasteiger partial charge in [-0.25, -0.2) is 0 Å². The summed E-state index contributed by atoms with van der Waals surface area (Å²) in [5.41, 5.74) is -0.328. The van der Waals surface area contributed by atoms with Crippen molar-refractivity contribution in [1.82, 2.24) is 4.98 Å². The number of hydrogen-bond acceptors (Lipinski definition) is 2. The molecule has 2 nitrogen and oxygen atoms in total. The predicted molar refractivity (Wildman–Crippen MR) is 44.3 cm³/mol. The number of aromatic nitrogens is 1. The van der Waals surface area contributed by atoms with Crippen molar-refractivity contribution in [2.45, 2.75) is 12.6 Å². The van der Waals surface area contributed by atoms with Crippen molar-refractivity contribution in [3.8, 4) is 0 Å². The van der Waals surface area contributed by atoms with Crippen LogP contribution in [-0.2, 0) is 6.18 Å². The highest BCUT2D eigenvalue weighted by molar-refractivity contribution is 5.22. The summed E-state index contributed by atoms with van der Waals surface area (Å²) >= 11 is 0. The van der Waals surface area contributed by atoms with Gasteiger partial charge in [-0.1, -0.05) is 6.07 Å². The summed E-state index contributed by atoms with van der Waals surface area (Å²) < 4.78 is 36.2. The first kappa shape index (κ1) is 11.0. The normalized spacial score (nSPS) is 11.7. The van der Waals surface area contributed by atoms with Crippen LogP contribution in [0, 0.1) is 6.42 Å². The van der Waals surface area contributed by atoms with E-state index in [2.05, 4.69) is 4.98 Å². The largest absolute Gasteiger partial charge is 0.433 e. The molecule has 0 atom stereocenters. The number of alkyl halides is 3. The van der Waals surface area contributed by atoms with Crippen LogP contribution in [0.1, 0.15) is 17.7 Å². The van der Waals surface area contributed by atoms with Gasteiger partial charge in [0, 0.05) is 12.8 Å². The molecule has 1 heterocycles. The van der Waals surface area contributed by atoms with E-state index in [1.807, 2.05) is 0 Å². The van der Waals surface area contributed by atoms with E-state index < -0.39 is 11.9 Å². The van der Waals surface area contributed by atoms with E-state index in [1.54, 1.807) is 6.42 Å². The average molecular weight is 204 g/mol. The van der Waals surface area contributed by atoms with Gasteiger partial charge in [0.05, 0.1) is 0 Å². The fraction of sp³-hybridized carbons (Fsp3) is 0.333. The second-order valence-electron chi connectivity index (χ2n) is 2.69. The third kappa shape index (κ3) is 2.99. The quantitative estimate of drug-likeness (QED) is 0.817. The van der Waals surface area contributed by atoms with E-state index in [1.165, 1.54) is 6.07 Å². The van der Waals surface area contributed by atoms with Crippen LogP contribution in [-0.4, -0.2) is 16.7 Å². The molecule has 0 aliphatic rings. The van der Waals surface area contributed by atoms with Gasteiger partial charge in [-0.15, -0.1) is 0 Å². The molecule has 0 spiro atoms. The van der Waals surface area contributed by atoms with Crippen LogP contribution < -0.4 is 0 Å². The smallest absolute Gasteiger partial charge is 0.396 e. The summed E-state index contributed by atoms with van der Waals surface area (Å²) in [6.45, 7) is -0.0268. The fourth-order valence-corrected chi connectivity index (χ4v) is 0.925. The van der Waals surface area contributed by atoms with Gasteiger partial charge in [-0.05, 0) is 24.5 Å². The van der Waals surface area contributed by atoms with E-state index in [0.29, 0.717) is 12.0 Å². The molecule has 0 aliphatic heterocycles. The maximum Gasteiger partial charge on any atom is 0.433 e. The van der Waals surface area contributed by atoms with Crippen molar-refractivity contribution in [2.75, 3.05) is 6.61 Å². The van der Waals surface area contributed by atoms with Crippen LogP contribution >= 0.6 is 0 Å². The highest BCUT2D eigenvalue weighted by Crippen LogP contribution is 2.27. The van der Waals surface area contributed by atoms with Crippen LogP contribution in [0.3, 0.4) is 0 Å². The number of rotatable bonds is 3. The highest BCUT2D eigenvalue weighted by atomic mass is 19.4. The summed E-state index contributed by atoms with van der Waals surface area (Å²) in [6.07, 6.45) is -1.23. The number of halogens is 3. The molecule has 0 amide bonds. The molecule has 0 aliphatic carbocycles. The van der Waals surface area contributed by atoms with Crippen molar-refractivity contribution in [3.63, 3.8) is 0 Å². The Hall–Kier alpha value is -1.10. The summed E-state index contributed by atoms with van der Waals surface area (Å²) in [7, 11) is 0. The van der Waals surface area contributed by atoms with Crippen LogP contribution in [0.2, 0.25) is 0 Å². The first-order valence-electron chi connectivity index (χ1n) is 4.01. The molecule has 1 radical (unpaired) electrons. The van der Waals surface area contributed by atoms with E-state index in [9.17, 15) is 13.2 Å². The molecule has 0 saturated carbocycles. The number of pyridine rings is 1. The maximum atomic E-state index is 12.1. The maximum absolute atomic E-state index is 12.1. The molecule has 1 aromatic heterocycles. The number of nitrogens with zero attached hydrogens (tertiary/aromatic N) is 1. The summed E-state index contributed by atoms with van der Waals surface area (Å²) in [5, 5.41) is 8.48. The van der Waals surface area contributed by atoms with Gasteiger partial charge in [0.2, 0.25) is 0 Å². The Morgan fingerprint density at radius 2 is 2.07 bits per heavy atom. The molecule has 77 valence electrons. The molecular weight excluding hydrogens is 195 g/mol. The molecule has 1 aromatic rings. The highest BCUT2D eigenvalue weighted by Gasteiger charge is 2.31. The molecule has 0 bridgehead atoms. The minimum Gasteiger partial charge on any atom is -0.396 e. The van der Waals surface area contributed by atoms with Crippen LogP contribution in [0.15, 0.2) is 18.3 Å². The second kappa shape index (κ2) is 4.41. The molecule has 1 N–H and O–H groups in total. The number of hydrogen-bond donors (Lipinski definition) is 1. The predicted octanol–water partition coefficient (Wildman–Crippen LogP) is 2.04. The number of aliphatic hydroxyl groups excluding tert-OH is 1. The molecule has 14 heavy (non-hydrogen) atoms.